The van der Waals surface area contributed by atoms with E-state index >= 15 is 0 Å². The summed E-state index contributed by atoms with van der Waals surface area (Å²) in [7, 11) is 4.74. The molecular weight excluding hydrogens is 322 g/mol. The van der Waals surface area contributed by atoms with Gasteiger partial charge in [-0.2, -0.15) is 0 Å². The minimum atomic E-state index is -0.134. The molecule has 6 nitrogen and oxygen atoms in total. The molecule has 2 aromatic rings. The Hall–Kier alpha value is -2.60. The van der Waals surface area contributed by atoms with E-state index in [4.69, 9.17) is 14.2 Å². The summed E-state index contributed by atoms with van der Waals surface area (Å²) in [4.78, 5) is 0. The maximum Gasteiger partial charge on any atom is 0.203 e. The van der Waals surface area contributed by atoms with Gasteiger partial charge in [-0.3, -0.25) is 0 Å². The van der Waals surface area contributed by atoms with Crippen LogP contribution in [0, 0.1) is 0 Å². The monoisotopic (exact) mass is 347 g/mol. The van der Waals surface area contributed by atoms with Gasteiger partial charge in [0, 0.05) is 6.04 Å². The lowest BCUT2D eigenvalue weighted by Gasteiger charge is -2.20. The van der Waals surface area contributed by atoms with Crippen LogP contribution in [0.25, 0.3) is 0 Å². The number of aromatic hydroxyl groups is 2. The average molecular weight is 347 g/mol. The molecule has 0 saturated heterocycles. The Bertz CT molecular complexity index is 692. The van der Waals surface area contributed by atoms with Crippen molar-refractivity contribution in [3.63, 3.8) is 0 Å². The van der Waals surface area contributed by atoms with Crippen molar-refractivity contribution in [1.82, 2.24) is 5.32 Å². The van der Waals surface area contributed by atoms with Crippen LogP contribution < -0.4 is 19.5 Å². The SMILES string of the molecule is CCN[C@H](Cc1cc(OC)c(OC)c(OC)c1)c1ccc(O)c(O)c1. The lowest BCUT2D eigenvalue weighted by Crippen LogP contribution is -2.23. The highest BCUT2D eigenvalue weighted by atomic mass is 16.5. The summed E-state index contributed by atoms with van der Waals surface area (Å²) >= 11 is 0. The zero-order valence-electron chi connectivity index (χ0n) is 15.0. The minimum Gasteiger partial charge on any atom is -0.504 e. The quantitative estimate of drug-likeness (QED) is 0.637. The first kappa shape index (κ1) is 18.7. The molecular formula is C19H25NO5. The molecule has 3 N–H and O–H groups in total. The van der Waals surface area contributed by atoms with Crippen LogP contribution in [0.3, 0.4) is 0 Å². The highest BCUT2D eigenvalue weighted by Crippen LogP contribution is 2.39. The molecule has 0 aromatic heterocycles. The van der Waals surface area contributed by atoms with E-state index in [1.54, 1.807) is 33.5 Å². The van der Waals surface area contributed by atoms with Gasteiger partial charge >= 0.3 is 0 Å². The van der Waals surface area contributed by atoms with Crippen molar-refractivity contribution in [3.8, 4) is 28.7 Å². The fourth-order valence-corrected chi connectivity index (χ4v) is 2.80. The van der Waals surface area contributed by atoms with Gasteiger partial charge in [-0.25, -0.2) is 0 Å². The van der Waals surface area contributed by atoms with Gasteiger partial charge in [0.15, 0.2) is 23.0 Å². The summed E-state index contributed by atoms with van der Waals surface area (Å²) in [5.74, 6) is 1.48. The molecule has 2 aromatic carbocycles. The van der Waals surface area contributed by atoms with E-state index in [1.165, 1.54) is 6.07 Å². The molecule has 6 heteroatoms. The summed E-state index contributed by atoms with van der Waals surface area (Å²) in [5, 5.41) is 22.7. The molecule has 0 radical (unpaired) electrons. The Kier molecular flexibility index (Phi) is 6.36. The molecule has 0 unspecified atom stereocenters. The zero-order valence-corrected chi connectivity index (χ0v) is 15.0. The first-order chi connectivity index (χ1) is 12.0. The number of likely N-dealkylation sites (N-methyl/N-ethyl adjacent to an activating group) is 1. The zero-order chi connectivity index (χ0) is 18.4. The number of ether oxygens (including phenoxy) is 3. The lowest BCUT2D eigenvalue weighted by atomic mass is 9.97. The normalized spacial score (nSPS) is 11.8. The second-order valence-corrected chi connectivity index (χ2v) is 5.60. The smallest absolute Gasteiger partial charge is 0.203 e. The fraction of sp³-hybridized carbons (Fsp3) is 0.368. The van der Waals surface area contributed by atoms with E-state index in [2.05, 4.69) is 5.32 Å². The second-order valence-electron chi connectivity index (χ2n) is 5.60. The molecule has 0 spiro atoms. The van der Waals surface area contributed by atoms with Crippen LogP contribution in [0.2, 0.25) is 0 Å². The van der Waals surface area contributed by atoms with Gasteiger partial charge in [0.25, 0.3) is 0 Å². The van der Waals surface area contributed by atoms with Crippen LogP contribution in [-0.4, -0.2) is 38.1 Å². The van der Waals surface area contributed by atoms with E-state index in [9.17, 15) is 10.2 Å². The van der Waals surface area contributed by atoms with Gasteiger partial charge in [0.1, 0.15) is 0 Å². The Morgan fingerprint density at radius 1 is 0.920 bits per heavy atom. The highest BCUT2D eigenvalue weighted by molar-refractivity contribution is 5.54. The molecule has 0 aliphatic heterocycles. The minimum absolute atomic E-state index is 0.0423. The summed E-state index contributed by atoms with van der Waals surface area (Å²) in [6, 6.07) is 8.63. The van der Waals surface area contributed by atoms with Gasteiger partial charge in [-0.1, -0.05) is 13.0 Å². The van der Waals surface area contributed by atoms with Crippen molar-refractivity contribution < 1.29 is 24.4 Å². The third-order valence-electron chi connectivity index (χ3n) is 4.02. The van der Waals surface area contributed by atoms with Crippen molar-refractivity contribution in [1.29, 1.82) is 0 Å². The van der Waals surface area contributed by atoms with E-state index < -0.39 is 0 Å². The van der Waals surface area contributed by atoms with Crippen molar-refractivity contribution in [3.05, 3.63) is 41.5 Å². The summed E-state index contributed by atoms with van der Waals surface area (Å²) < 4.78 is 16.2. The Morgan fingerprint density at radius 3 is 2.04 bits per heavy atom. The van der Waals surface area contributed by atoms with Gasteiger partial charge in [-0.15, -0.1) is 0 Å². The second kappa shape index (κ2) is 8.48. The number of phenols is 2. The Morgan fingerprint density at radius 2 is 1.56 bits per heavy atom. The predicted octanol–water partition coefficient (Wildman–Crippen LogP) is 3.02. The summed E-state index contributed by atoms with van der Waals surface area (Å²) in [6.07, 6.45) is 0.648. The van der Waals surface area contributed by atoms with Crippen molar-refractivity contribution in [2.24, 2.45) is 0 Å². The largest absolute Gasteiger partial charge is 0.504 e. The summed E-state index contributed by atoms with van der Waals surface area (Å²) in [6.45, 7) is 2.78. The van der Waals surface area contributed by atoms with Crippen LogP contribution >= 0.6 is 0 Å². The number of hydrogen-bond acceptors (Lipinski definition) is 6. The van der Waals surface area contributed by atoms with Crippen molar-refractivity contribution in [2.45, 2.75) is 19.4 Å². The average Bonchev–Trinajstić information content (AvgIpc) is 2.62. The van der Waals surface area contributed by atoms with E-state index in [0.29, 0.717) is 23.7 Å². The van der Waals surface area contributed by atoms with E-state index in [0.717, 1.165) is 17.7 Å². The molecule has 0 saturated carbocycles. The van der Waals surface area contributed by atoms with Gasteiger partial charge in [0.2, 0.25) is 5.75 Å². The van der Waals surface area contributed by atoms with Crippen molar-refractivity contribution in [2.75, 3.05) is 27.9 Å². The molecule has 25 heavy (non-hydrogen) atoms. The third-order valence-corrected chi connectivity index (χ3v) is 4.02. The number of benzene rings is 2. The molecule has 0 bridgehead atoms. The molecule has 0 aliphatic rings. The Labute approximate surface area is 148 Å². The lowest BCUT2D eigenvalue weighted by molar-refractivity contribution is 0.323. The molecule has 136 valence electrons. The molecule has 0 heterocycles. The maximum atomic E-state index is 9.78. The van der Waals surface area contributed by atoms with Crippen LogP contribution in [0.15, 0.2) is 30.3 Å². The maximum absolute atomic E-state index is 9.78. The number of hydrogen-bond donors (Lipinski definition) is 3. The topological polar surface area (TPSA) is 80.2 Å². The first-order valence-corrected chi connectivity index (χ1v) is 8.08. The fourth-order valence-electron chi connectivity index (χ4n) is 2.80. The van der Waals surface area contributed by atoms with Crippen LogP contribution in [-0.2, 0) is 6.42 Å². The highest BCUT2D eigenvalue weighted by Gasteiger charge is 2.18. The Balaban J connectivity index is 2.37. The van der Waals surface area contributed by atoms with Gasteiger partial charge in [0.05, 0.1) is 21.3 Å². The number of methoxy groups -OCH3 is 3. The third kappa shape index (κ3) is 4.28. The van der Waals surface area contributed by atoms with Crippen LogP contribution in [0.1, 0.15) is 24.1 Å². The van der Waals surface area contributed by atoms with E-state index in [-0.39, 0.29) is 17.5 Å². The number of nitrogens with one attached hydrogen (secondary N) is 1. The molecule has 2 rings (SSSR count). The summed E-state index contributed by atoms with van der Waals surface area (Å²) in [5.41, 5.74) is 1.87. The van der Waals surface area contributed by atoms with Gasteiger partial charge in [-0.05, 0) is 48.4 Å². The van der Waals surface area contributed by atoms with Crippen LogP contribution in [0.4, 0.5) is 0 Å². The van der Waals surface area contributed by atoms with Crippen molar-refractivity contribution >= 4 is 0 Å². The number of rotatable bonds is 8. The molecule has 0 aliphatic carbocycles. The molecule has 0 amide bonds. The van der Waals surface area contributed by atoms with Crippen LogP contribution in [0.5, 0.6) is 28.7 Å². The van der Waals surface area contributed by atoms with E-state index in [1.807, 2.05) is 19.1 Å². The first-order valence-electron chi connectivity index (χ1n) is 8.08. The molecule has 1 atom stereocenters. The standard InChI is InChI=1S/C19H25NO5/c1-5-20-14(13-6-7-15(21)16(22)11-13)8-12-9-17(23-2)19(25-4)18(10-12)24-3/h6-7,9-11,14,20-22H,5,8H2,1-4H3/t14-/m1/s1. The molecule has 0 fully saturated rings. The number of phenolic OH excluding ortho intramolecular Hbond substituents is 2. The predicted molar refractivity (Wildman–Crippen MR) is 96.0 cm³/mol. The van der Waals surface area contributed by atoms with Gasteiger partial charge < -0.3 is 29.7 Å².